The molecular formula is C26H23BrN2O5. The van der Waals surface area contributed by atoms with E-state index in [0.29, 0.717) is 23.8 Å². The summed E-state index contributed by atoms with van der Waals surface area (Å²) >= 11 is 3.54. The van der Waals surface area contributed by atoms with Crippen molar-refractivity contribution in [3.8, 4) is 11.5 Å². The first kappa shape index (κ1) is 22.4. The molecule has 3 atom stereocenters. The van der Waals surface area contributed by atoms with Crippen LogP contribution in [0.25, 0.3) is 0 Å². The van der Waals surface area contributed by atoms with Crippen molar-refractivity contribution in [3.63, 3.8) is 0 Å². The number of anilines is 2. The predicted octanol–water partition coefficient (Wildman–Crippen LogP) is 4.91. The van der Waals surface area contributed by atoms with Gasteiger partial charge in [0, 0.05) is 0 Å². The van der Waals surface area contributed by atoms with Gasteiger partial charge in [-0.05, 0) is 76.9 Å². The monoisotopic (exact) mass is 522 g/mol. The van der Waals surface area contributed by atoms with E-state index in [0.717, 1.165) is 15.7 Å². The fourth-order valence-corrected chi connectivity index (χ4v) is 5.09. The second-order valence-electron chi connectivity index (χ2n) is 7.99. The van der Waals surface area contributed by atoms with Crippen LogP contribution in [-0.4, -0.2) is 31.6 Å². The average molecular weight is 523 g/mol. The molecule has 0 N–H and O–H groups in total. The van der Waals surface area contributed by atoms with Crippen molar-refractivity contribution in [1.29, 1.82) is 0 Å². The van der Waals surface area contributed by atoms with Crippen LogP contribution in [0.15, 0.2) is 77.3 Å². The highest BCUT2D eigenvalue weighted by molar-refractivity contribution is 9.10. The topological polar surface area (TPSA) is 68.3 Å². The smallest absolute Gasteiger partial charge is 0.266 e. The van der Waals surface area contributed by atoms with Crippen LogP contribution in [0.1, 0.15) is 18.5 Å². The summed E-state index contributed by atoms with van der Waals surface area (Å²) in [5, 5.41) is 1.68. The van der Waals surface area contributed by atoms with Crippen molar-refractivity contribution in [2.75, 3.05) is 23.7 Å². The Labute approximate surface area is 205 Å². The number of hydrogen-bond donors (Lipinski definition) is 0. The lowest BCUT2D eigenvalue weighted by Crippen LogP contribution is -2.37. The molecule has 2 amide bonds. The Morgan fingerprint density at radius 3 is 2.32 bits per heavy atom. The van der Waals surface area contributed by atoms with Crippen LogP contribution in [0.3, 0.4) is 0 Å². The maximum atomic E-state index is 13.7. The normalized spacial score (nSPS) is 21.7. The molecule has 0 radical (unpaired) electrons. The van der Waals surface area contributed by atoms with E-state index in [1.807, 2.05) is 55.5 Å². The van der Waals surface area contributed by atoms with Crippen LogP contribution in [0.2, 0.25) is 0 Å². The van der Waals surface area contributed by atoms with E-state index in [1.165, 1.54) is 4.90 Å². The number of para-hydroxylation sites is 1. The molecule has 2 heterocycles. The number of carbonyl (C=O) groups is 2. The summed E-state index contributed by atoms with van der Waals surface area (Å²) in [6.07, 6.45) is -0.926. The second kappa shape index (κ2) is 9.12. The number of benzene rings is 3. The highest BCUT2D eigenvalue weighted by Crippen LogP contribution is 2.48. The number of carbonyl (C=O) groups excluding carboxylic acids is 2. The number of amides is 2. The van der Waals surface area contributed by atoms with Crippen LogP contribution < -0.4 is 19.4 Å². The Kier molecular flexibility index (Phi) is 6.02. The molecule has 2 saturated heterocycles. The number of hydrogen-bond acceptors (Lipinski definition) is 6. The third-order valence-corrected chi connectivity index (χ3v) is 6.67. The van der Waals surface area contributed by atoms with Gasteiger partial charge < -0.3 is 9.47 Å². The largest absolute Gasteiger partial charge is 0.496 e. The number of fused-ring (bicyclic) bond motifs is 1. The number of methoxy groups -OCH3 is 1. The Morgan fingerprint density at radius 2 is 1.68 bits per heavy atom. The molecule has 0 aromatic heterocycles. The molecule has 0 spiro atoms. The van der Waals surface area contributed by atoms with Gasteiger partial charge in [-0.15, -0.1) is 0 Å². The number of rotatable bonds is 6. The maximum absolute atomic E-state index is 13.7. The van der Waals surface area contributed by atoms with E-state index >= 15 is 0 Å². The summed E-state index contributed by atoms with van der Waals surface area (Å²) in [7, 11) is 1.60. The minimum atomic E-state index is -0.926. The zero-order valence-corrected chi connectivity index (χ0v) is 20.3. The molecule has 2 aliphatic heterocycles. The molecule has 7 nitrogen and oxygen atoms in total. The number of hydroxylamine groups is 1. The summed E-state index contributed by atoms with van der Waals surface area (Å²) in [5.41, 5.74) is 2.10. The first-order valence-corrected chi connectivity index (χ1v) is 11.8. The van der Waals surface area contributed by atoms with Crippen LogP contribution in [0.5, 0.6) is 11.5 Å². The highest BCUT2D eigenvalue weighted by atomic mass is 79.9. The van der Waals surface area contributed by atoms with E-state index in [1.54, 1.807) is 36.4 Å². The van der Waals surface area contributed by atoms with Crippen molar-refractivity contribution < 1.29 is 23.9 Å². The van der Waals surface area contributed by atoms with E-state index in [2.05, 4.69) is 15.9 Å². The summed E-state index contributed by atoms with van der Waals surface area (Å²) < 4.78 is 11.6. The van der Waals surface area contributed by atoms with Gasteiger partial charge in [0.1, 0.15) is 17.4 Å². The molecule has 0 saturated carbocycles. The van der Waals surface area contributed by atoms with Crippen molar-refractivity contribution in [1.82, 2.24) is 0 Å². The van der Waals surface area contributed by atoms with Gasteiger partial charge >= 0.3 is 0 Å². The third-order valence-electron chi connectivity index (χ3n) is 6.05. The second-order valence-corrected chi connectivity index (χ2v) is 8.85. The molecular weight excluding hydrogens is 500 g/mol. The molecule has 0 unspecified atom stereocenters. The molecule has 0 aliphatic carbocycles. The fraction of sp³-hybridized carbons (Fsp3) is 0.231. The van der Waals surface area contributed by atoms with E-state index in [9.17, 15) is 9.59 Å². The van der Waals surface area contributed by atoms with Gasteiger partial charge in [0.15, 0.2) is 6.10 Å². The SMILES string of the molecule is CCOc1ccc(N2C(=O)[C@@H]3[C@@H](c4ccc(OC)c(Br)c4)N(c4ccccc4)O[C@H]3C2=O)cc1. The highest BCUT2D eigenvalue weighted by Gasteiger charge is 2.60. The molecule has 2 aliphatic rings. The molecule has 34 heavy (non-hydrogen) atoms. The Morgan fingerprint density at radius 1 is 0.941 bits per heavy atom. The Balaban J connectivity index is 1.54. The fourth-order valence-electron chi connectivity index (χ4n) is 4.53. The van der Waals surface area contributed by atoms with Crippen molar-refractivity contribution >= 4 is 39.1 Å². The van der Waals surface area contributed by atoms with E-state index in [-0.39, 0.29) is 11.8 Å². The standard InChI is InChI=1S/C26H23BrN2O5/c1-3-33-19-12-10-17(11-13-19)28-25(30)22-23(16-9-14-21(32-2)20(27)15-16)29(34-24(22)26(28)31)18-7-5-4-6-8-18/h4-15,22-24H,3H2,1-2H3/t22-,23-,24-/m1/s1. The lowest BCUT2D eigenvalue weighted by Gasteiger charge is -2.29. The molecule has 8 heteroatoms. The minimum absolute atomic E-state index is 0.297. The van der Waals surface area contributed by atoms with Crippen molar-refractivity contribution in [2.45, 2.75) is 19.1 Å². The molecule has 3 aromatic carbocycles. The molecule has 0 bridgehead atoms. The van der Waals surface area contributed by atoms with Gasteiger partial charge in [-0.25, -0.2) is 9.96 Å². The van der Waals surface area contributed by atoms with E-state index in [4.69, 9.17) is 14.3 Å². The first-order valence-electron chi connectivity index (χ1n) is 11.0. The van der Waals surface area contributed by atoms with Gasteiger partial charge in [0.25, 0.3) is 5.91 Å². The number of nitrogens with zero attached hydrogens (tertiary/aromatic N) is 2. The van der Waals surface area contributed by atoms with E-state index < -0.39 is 18.1 Å². The zero-order chi connectivity index (χ0) is 23.8. The number of halogens is 1. The summed E-state index contributed by atoms with van der Waals surface area (Å²) in [6.45, 7) is 2.43. The van der Waals surface area contributed by atoms with Crippen LogP contribution in [0, 0.1) is 5.92 Å². The van der Waals surface area contributed by atoms with Gasteiger partial charge in [-0.3, -0.25) is 14.4 Å². The minimum Gasteiger partial charge on any atom is -0.496 e. The van der Waals surface area contributed by atoms with Gasteiger partial charge in [0.2, 0.25) is 5.91 Å². The number of imide groups is 1. The summed E-state index contributed by atoms with van der Waals surface area (Å²) in [6, 6.07) is 21.6. The van der Waals surface area contributed by atoms with Crippen molar-refractivity contribution in [3.05, 3.63) is 82.8 Å². The van der Waals surface area contributed by atoms with Gasteiger partial charge in [-0.1, -0.05) is 24.3 Å². The lowest BCUT2D eigenvalue weighted by atomic mass is 9.90. The quantitative estimate of drug-likeness (QED) is 0.428. The van der Waals surface area contributed by atoms with Gasteiger partial charge in [-0.2, -0.15) is 0 Å². The molecule has 5 rings (SSSR count). The van der Waals surface area contributed by atoms with Crippen LogP contribution in [0.4, 0.5) is 11.4 Å². The zero-order valence-electron chi connectivity index (χ0n) is 18.7. The first-order chi connectivity index (χ1) is 16.5. The summed E-state index contributed by atoms with van der Waals surface area (Å²) in [5.74, 6) is -0.0300. The van der Waals surface area contributed by atoms with Crippen LogP contribution in [-0.2, 0) is 14.4 Å². The molecule has 174 valence electrons. The summed E-state index contributed by atoms with van der Waals surface area (Å²) in [4.78, 5) is 34.5. The van der Waals surface area contributed by atoms with Crippen molar-refractivity contribution in [2.24, 2.45) is 5.92 Å². The lowest BCUT2D eigenvalue weighted by molar-refractivity contribution is -0.126. The average Bonchev–Trinajstić information content (AvgIpc) is 3.36. The Bertz CT molecular complexity index is 1220. The van der Waals surface area contributed by atoms with Crippen LogP contribution >= 0.6 is 15.9 Å². The number of ether oxygens (including phenoxy) is 2. The maximum Gasteiger partial charge on any atom is 0.266 e. The van der Waals surface area contributed by atoms with Gasteiger partial charge in [0.05, 0.1) is 35.6 Å². The predicted molar refractivity (Wildman–Crippen MR) is 131 cm³/mol. The molecule has 2 fully saturated rings. The molecule has 3 aromatic rings. The third kappa shape index (κ3) is 3.73. The Hall–Kier alpha value is -3.36.